The molecular formula is C9H7BrClFO3S. The van der Waals surface area contributed by atoms with Gasteiger partial charge in [-0.25, -0.2) is 12.8 Å². The standard InChI is InChI=1S/C9H7BrClFO3S/c1-16(14,15)9(10,11)8(13)6-4-2-3-5-7(6)12/h2-5H,1H3/t9-/m1/s1. The molecule has 0 saturated carbocycles. The van der Waals surface area contributed by atoms with Gasteiger partial charge in [-0.05, 0) is 28.1 Å². The van der Waals surface area contributed by atoms with Gasteiger partial charge in [0.15, 0.2) is 9.84 Å². The maximum Gasteiger partial charge on any atom is 0.261 e. The predicted octanol–water partition coefficient (Wildman–Crippen LogP) is 2.34. The summed E-state index contributed by atoms with van der Waals surface area (Å²) in [5, 5.41) is 0. The second-order valence-electron chi connectivity index (χ2n) is 3.10. The van der Waals surface area contributed by atoms with E-state index in [0.29, 0.717) is 0 Å². The number of alkyl halides is 2. The van der Waals surface area contributed by atoms with Crippen LogP contribution in [0.25, 0.3) is 0 Å². The summed E-state index contributed by atoms with van der Waals surface area (Å²) in [5.41, 5.74) is -0.375. The van der Waals surface area contributed by atoms with Crippen LogP contribution < -0.4 is 0 Å². The lowest BCUT2D eigenvalue weighted by molar-refractivity contribution is 0.0996. The van der Waals surface area contributed by atoms with Crippen molar-refractivity contribution >= 4 is 43.2 Å². The molecule has 0 aliphatic rings. The molecule has 0 N–H and O–H groups in total. The highest BCUT2D eigenvalue weighted by atomic mass is 79.9. The fraction of sp³-hybridized carbons (Fsp3) is 0.222. The van der Waals surface area contributed by atoms with Gasteiger partial charge in [-0.3, -0.25) is 4.79 Å². The van der Waals surface area contributed by atoms with Crippen molar-refractivity contribution in [2.24, 2.45) is 0 Å². The quantitative estimate of drug-likeness (QED) is 0.632. The first-order valence-electron chi connectivity index (χ1n) is 4.04. The Labute approximate surface area is 106 Å². The minimum Gasteiger partial charge on any atom is -0.290 e. The first-order valence-corrected chi connectivity index (χ1v) is 7.11. The lowest BCUT2D eigenvalue weighted by atomic mass is 10.1. The van der Waals surface area contributed by atoms with E-state index in [9.17, 15) is 17.6 Å². The molecule has 1 rings (SSSR count). The Kier molecular flexibility index (Phi) is 3.76. The van der Waals surface area contributed by atoms with Crippen molar-refractivity contribution in [3.05, 3.63) is 35.6 Å². The molecule has 0 aromatic heterocycles. The van der Waals surface area contributed by atoms with Crippen LogP contribution in [0.2, 0.25) is 0 Å². The zero-order chi connectivity index (χ0) is 12.6. The van der Waals surface area contributed by atoms with Crippen LogP contribution in [-0.2, 0) is 9.84 Å². The number of ketones is 1. The summed E-state index contributed by atoms with van der Waals surface area (Å²) in [4.78, 5) is 11.7. The summed E-state index contributed by atoms with van der Waals surface area (Å²) in [6.45, 7) is 0. The average Bonchev–Trinajstić information content (AvgIpc) is 2.15. The number of sulfone groups is 1. The van der Waals surface area contributed by atoms with Crippen LogP contribution in [0.15, 0.2) is 24.3 Å². The van der Waals surface area contributed by atoms with E-state index in [1.54, 1.807) is 0 Å². The van der Waals surface area contributed by atoms with Crippen LogP contribution in [0, 0.1) is 5.82 Å². The predicted molar refractivity (Wildman–Crippen MR) is 63.1 cm³/mol. The zero-order valence-electron chi connectivity index (χ0n) is 8.08. The molecule has 0 heterocycles. The molecule has 1 atom stereocenters. The molecule has 0 aliphatic carbocycles. The number of carbonyl (C=O) groups excluding carboxylic acids is 1. The van der Waals surface area contributed by atoms with Crippen molar-refractivity contribution in [2.75, 3.05) is 6.26 Å². The van der Waals surface area contributed by atoms with Gasteiger partial charge >= 0.3 is 0 Å². The third kappa shape index (κ3) is 2.44. The molecule has 0 radical (unpaired) electrons. The molecule has 3 nitrogen and oxygen atoms in total. The number of benzene rings is 1. The number of hydrogen-bond donors (Lipinski definition) is 0. The van der Waals surface area contributed by atoms with Gasteiger partial charge < -0.3 is 0 Å². The van der Waals surface area contributed by atoms with E-state index in [2.05, 4.69) is 15.9 Å². The van der Waals surface area contributed by atoms with Crippen molar-refractivity contribution in [2.45, 2.75) is 3.12 Å². The monoisotopic (exact) mass is 328 g/mol. The summed E-state index contributed by atoms with van der Waals surface area (Å²) in [7, 11) is -3.90. The summed E-state index contributed by atoms with van der Waals surface area (Å²) >= 11 is 8.18. The van der Waals surface area contributed by atoms with E-state index in [4.69, 9.17) is 11.6 Å². The molecule has 0 fully saturated rings. The van der Waals surface area contributed by atoms with Crippen LogP contribution in [-0.4, -0.2) is 23.6 Å². The number of halogens is 3. The van der Waals surface area contributed by atoms with E-state index in [-0.39, 0.29) is 5.56 Å². The van der Waals surface area contributed by atoms with E-state index in [1.165, 1.54) is 18.2 Å². The van der Waals surface area contributed by atoms with E-state index in [1.807, 2.05) is 0 Å². The Morgan fingerprint density at radius 2 is 1.94 bits per heavy atom. The van der Waals surface area contributed by atoms with Crippen LogP contribution >= 0.6 is 27.5 Å². The summed E-state index contributed by atoms with van der Waals surface area (Å²) in [5.74, 6) is -1.87. The molecule has 7 heteroatoms. The molecule has 16 heavy (non-hydrogen) atoms. The zero-order valence-corrected chi connectivity index (χ0v) is 11.2. The maximum atomic E-state index is 13.3. The minimum atomic E-state index is -3.90. The highest BCUT2D eigenvalue weighted by molar-refractivity contribution is 9.12. The lowest BCUT2D eigenvalue weighted by Crippen LogP contribution is -2.34. The second kappa shape index (κ2) is 4.43. The van der Waals surface area contributed by atoms with Crippen molar-refractivity contribution in [3.63, 3.8) is 0 Å². The number of rotatable bonds is 3. The Morgan fingerprint density at radius 1 is 1.44 bits per heavy atom. The highest BCUT2D eigenvalue weighted by Gasteiger charge is 2.45. The van der Waals surface area contributed by atoms with Gasteiger partial charge in [-0.1, -0.05) is 23.7 Å². The van der Waals surface area contributed by atoms with Crippen molar-refractivity contribution in [1.82, 2.24) is 0 Å². The van der Waals surface area contributed by atoms with Crippen molar-refractivity contribution in [1.29, 1.82) is 0 Å². The molecule has 0 saturated heterocycles. The van der Waals surface area contributed by atoms with Gasteiger partial charge in [0.05, 0.1) is 5.56 Å². The molecule has 0 bridgehead atoms. The average molecular weight is 330 g/mol. The van der Waals surface area contributed by atoms with Crippen molar-refractivity contribution in [3.8, 4) is 0 Å². The Balaban J connectivity index is 3.29. The number of hydrogen-bond acceptors (Lipinski definition) is 3. The largest absolute Gasteiger partial charge is 0.290 e. The Hall–Kier alpha value is -0.460. The summed E-state index contributed by atoms with van der Waals surface area (Å²) in [6, 6.07) is 5.02. The smallest absolute Gasteiger partial charge is 0.261 e. The fourth-order valence-electron chi connectivity index (χ4n) is 0.971. The molecule has 88 valence electrons. The van der Waals surface area contributed by atoms with Gasteiger partial charge in [0.1, 0.15) is 5.82 Å². The van der Waals surface area contributed by atoms with Crippen LogP contribution in [0.4, 0.5) is 4.39 Å². The van der Waals surface area contributed by atoms with Crippen LogP contribution in [0.1, 0.15) is 10.4 Å². The third-order valence-electron chi connectivity index (χ3n) is 1.85. The molecule has 1 aromatic carbocycles. The molecule has 0 spiro atoms. The van der Waals surface area contributed by atoms with Crippen LogP contribution in [0.3, 0.4) is 0 Å². The highest BCUT2D eigenvalue weighted by Crippen LogP contribution is 2.34. The van der Waals surface area contributed by atoms with E-state index in [0.717, 1.165) is 12.3 Å². The number of carbonyl (C=O) groups is 1. The minimum absolute atomic E-state index is 0.375. The van der Waals surface area contributed by atoms with E-state index >= 15 is 0 Å². The summed E-state index contributed by atoms with van der Waals surface area (Å²) < 4.78 is 33.4. The first kappa shape index (κ1) is 13.6. The van der Waals surface area contributed by atoms with Crippen LogP contribution in [0.5, 0.6) is 0 Å². The third-order valence-corrected chi connectivity index (χ3v) is 6.10. The van der Waals surface area contributed by atoms with E-state index < -0.39 is 24.6 Å². The molecule has 1 aromatic rings. The topological polar surface area (TPSA) is 51.2 Å². The van der Waals surface area contributed by atoms with Gasteiger partial charge in [0, 0.05) is 6.26 Å². The Bertz CT molecular complexity index is 527. The normalized spacial score (nSPS) is 15.5. The van der Waals surface area contributed by atoms with Crippen molar-refractivity contribution < 1.29 is 17.6 Å². The second-order valence-corrected chi connectivity index (χ2v) is 8.22. The summed E-state index contributed by atoms with van der Waals surface area (Å²) in [6.07, 6.45) is 0.785. The Morgan fingerprint density at radius 3 is 2.38 bits per heavy atom. The number of Topliss-reactive ketones (excluding diaryl/α,β-unsaturated/α-hetero) is 1. The first-order chi connectivity index (χ1) is 7.18. The SMILES string of the molecule is CS(=O)(=O)[C@@](Cl)(Br)C(=O)c1ccccc1F. The van der Waals surface area contributed by atoms with Gasteiger partial charge in [-0.2, -0.15) is 0 Å². The van der Waals surface area contributed by atoms with Gasteiger partial charge in [-0.15, -0.1) is 0 Å². The van der Waals surface area contributed by atoms with Gasteiger partial charge in [0.2, 0.25) is 5.78 Å². The molecule has 0 unspecified atom stereocenters. The molecule has 0 amide bonds. The molecular weight excluding hydrogens is 323 g/mol. The lowest BCUT2D eigenvalue weighted by Gasteiger charge is -2.16. The van der Waals surface area contributed by atoms with Gasteiger partial charge in [0.25, 0.3) is 3.12 Å². The molecule has 0 aliphatic heterocycles. The fourth-order valence-corrected chi connectivity index (χ4v) is 1.73. The maximum absolute atomic E-state index is 13.3.